The van der Waals surface area contributed by atoms with Gasteiger partial charge in [-0.05, 0) is 18.1 Å². The fourth-order valence-electron chi connectivity index (χ4n) is 4.55. The summed E-state index contributed by atoms with van der Waals surface area (Å²) in [7, 11) is 1.22. The molecule has 3 heterocycles. The van der Waals surface area contributed by atoms with Crippen molar-refractivity contribution in [3.05, 3.63) is 71.7 Å². The number of carbonyl (C=O) groups excluding carboxylic acids is 2. The Morgan fingerprint density at radius 3 is 2.67 bits per heavy atom. The summed E-state index contributed by atoms with van der Waals surface area (Å²) in [5.74, 6) is -1.39. The molecule has 3 aromatic rings. The van der Waals surface area contributed by atoms with Crippen molar-refractivity contribution in [1.82, 2.24) is 19.7 Å². The molecule has 1 aliphatic rings. The van der Waals surface area contributed by atoms with Gasteiger partial charge in [-0.1, -0.05) is 36.4 Å². The summed E-state index contributed by atoms with van der Waals surface area (Å²) in [6.45, 7) is 1.07. The Balaban J connectivity index is 1.51. The predicted molar refractivity (Wildman–Crippen MR) is 129 cm³/mol. The molecule has 1 amide bonds. The molecular weight excluding hydrogens is 463 g/mol. The lowest BCUT2D eigenvalue weighted by molar-refractivity contribution is -0.139. The third kappa shape index (κ3) is 5.11. The molecule has 2 atom stereocenters. The van der Waals surface area contributed by atoms with Gasteiger partial charge < -0.3 is 10.5 Å². The Labute approximate surface area is 208 Å². The number of amides is 1. The maximum atomic E-state index is 15.8. The smallest absolute Gasteiger partial charge is 0.311 e. The van der Waals surface area contributed by atoms with Crippen LogP contribution in [0.15, 0.2) is 54.9 Å². The highest BCUT2D eigenvalue weighted by molar-refractivity contribution is 5.94. The summed E-state index contributed by atoms with van der Waals surface area (Å²) in [6, 6.07) is 15.8. The van der Waals surface area contributed by atoms with E-state index in [1.165, 1.54) is 18.0 Å². The number of nitriles is 1. The third-order valence-corrected chi connectivity index (χ3v) is 6.60. The number of hydrogen-bond acceptors (Lipinski definition) is 7. The van der Waals surface area contributed by atoms with Crippen LogP contribution < -0.4 is 5.73 Å². The number of halogens is 1. The minimum absolute atomic E-state index is 0.0110. The number of piperidine rings is 1. The Bertz CT molecular complexity index is 1270. The summed E-state index contributed by atoms with van der Waals surface area (Å²) in [5.41, 5.74) is 7.13. The van der Waals surface area contributed by atoms with Crippen molar-refractivity contribution in [3.63, 3.8) is 0 Å². The number of aromatic nitrogens is 3. The molecule has 4 rings (SSSR count). The van der Waals surface area contributed by atoms with Crippen molar-refractivity contribution in [3.8, 4) is 17.3 Å². The number of carbonyl (C=O) groups is 2. The highest BCUT2D eigenvalue weighted by Crippen LogP contribution is 2.36. The lowest BCUT2D eigenvalue weighted by Gasteiger charge is -2.43. The van der Waals surface area contributed by atoms with Gasteiger partial charge in [-0.2, -0.15) is 10.4 Å². The van der Waals surface area contributed by atoms with Gasteiger partial charge in [0.05, 0.1) is 43.0 Å². The number of rotatable bonds is 8. The molecule has 0 radical (unpaired) electrons. The molecular formula is C26H27FN6O3. The van der Waals surface area contributed by atoms with Gasteiger partial charge in [0.25, 0.3) is 5.91 Å². The zero-order chi connectivity index (χ0) is 25.7. The van der Waals surface area contributed by atoms with Crippen LogP contribution in [0.4, 0.5) is 4.39 Å². The molecule has 0 aliphatic carbocycles. The number of alkyl halides is 1. The van der Waals surface area contributed by atoms with Gasteiger partial charge in [0, 0.05) is 37.6 Å². The first-order valence-corrected chi connectivity index (χ1v) is 11.6. The van der Waals surface area contributed by atoms with Crippen LogP contribution in [-0.4, -0.2) is 57.9 Å². The second kappa shape index (κ2) is 10.7. The van der Waals surface area contributed by atoms with E-state index in [1.807, 2.05) is 47.4 Å². The number of esters is 1. The Morgan fingerprint density at radius 2 is 2.06 bits per heavy atom. The zero-order valence-electron chi connectivity index (χ0n) is 19.9. The Hall–Kier alpha value is -4.10. The van der Waals surface area contributed by atoms with E-state index in [9.17, 15) is 14.9 Å². The van der Waals surface area contributed by atoms with Crippen molar-refractivity contribution in [2.24, 2.45) is 5.73 Å². The van der Waals surface area contributed by atoms with E-state index in [0.717, 1.165) is 16.8 Å². The van der Waals surface area contributed by atoms with Crippen LogP contribution in [0.1, 0.15) is 34.5 Å². The quantitative estimate of drug-likeness (QED) is 0.481. The van der Waals surface area contributed by atoms with Crippen LogP contribution in [0.5, 0.6) is 0 Å². The average molecular weight is 491 g/mol. The number of nitrogens with two attached hydrogens (primary N) is 1. The molecule has 10 heteroatoms. The molecule has 36 heavy (non-hydrogen) atoms. The topological polar surface area (TPSA) is 127 Å². The van der Waals surface area contributed by atoms with E-state index in [2.05, 4.69) is 20.9 Å². The number of primary amides is 1. The second-order valence-electron chi connectivity index (χ2n) is 8.86. The van der Waals surface area contributed by atoms with E-state index in [0.29, 0.717) is 13.1 Å². The largest absolute Gasteiger partial charge is 0.469 e. The van der Waals surface area contributed by atoms with E-state index in [-0.39, 0.29) is 37.1 Å². The first-order chi connectivity index (χ1) is 17.4. The maximum Gasteiger partial charge on any atom is 0.311 e. The van der Waals surface area contributed by atoms with Gasteiger partial charge in [0.2, 0.25) is 0 Å². The normalized spacial score (nSPS) is 20.0. The molecule has 1 aromatic carbocycles. The van der Waals surface area contributed by atoms with Crippen LogP contribution in [0.3, 0.4) is 0 Å². The van der Waals surface area contributed by atoms with Crippen LogP contribution in [0.2, 0.25) is 0 Å². The number of nitrogens with zero attached hydrogens (tertiary/aromatic N) is 5. The molecule has 2 aromatic heterocycles. The van der Waals surface area contributed by atoms with Gasteiger partial charge >= 0.3 is 5.97 Å². The summed E-state index contributed by atoms with van der Waals surface area (Å²) in [5, 5.41) is 13.8. The minimum Gasteiger partial charge on any atom is -0.469 e. The Kier molecular flexibility index (Phi) is 7.41. The van der Waals surface area contributed by atoms with Crippen molar-refractivity contribution in [1.29, 1.82) is 5.26 Å². The number of ether oxygens (including phenoxy) is 1. The van der Waals surface area contributed by atoms with Crippen molar-refractivity contribution in [2.45, 2.75) is 37.5 Å². The monoisotopic (exact) mass is 490 g/mol. The molecule has 1 saturated heterocycles. The summed E-state index contributed by atoms with van der Waals surface area (Å²) < 4.78 is 21.8. The van der Waals surface area contributed by atoms with Crippen molar-refractivity contribution in [2.75, 3.05) is 20.2 Å². The van der Waals surface area contributed by atoms with E-state index in [1.54, 1.807) is 6.20 Å². The van der Waals surface area contributed by atoms with Crippen molar-refractivity contribution < 1.29 is 18.7 Å². The molecule has 1 aliphatic heterocycles. The van der Waals surface area contributed by atoms with Gasteiger partial charge in [-0.25, -0.2) is 4.39 Å². The van der Waals surface area contributed by atoms with Crippen LogP contribution in [-0.2, 0) is 28.0 Å². The lowest BCUT2D eigenvalue weighted by Crippen LogP contribution is -2.54. The fourth-order valence-corrected chi connectivity index (χ4v) is 4.55. The molecule has 2 unspecified atom stereocenters. The van der Waals surface area contributed by atoms with Crippen molar-refractivity contribution >= 4 is 11.9 Å². The van der Waals surface area contributed by atoms with E-state index < -0.39 is 23.6 Å². The highest BCUT2D eigenvalue weighted by atomic mass is 19.1. The first kappa shape index (κ1) is 25.0. The third-order valence-electron chi connectivity index (χ3n) is 6.60. The number of hydrogen-bond donors (Lipinski definition) is 1. The van der Waals surface area contributed by atoms with Gasteiger partial charge in [0.1, 0.15) is 11.7 Å². The summed E-state index contributed by atoms with van der Waals surface area (Å²) in [6.07, 6.45) is 1.54. The second-order valence-corrected chi connectivity index (χ2v) is 8.86. The fraction of sp³-hybridized carbons (Fsp3) is 0.346. The first-order valence-electron chi connectivity index (χ1n) is 11.6. The molecule has 186 valence electrons. The number of pyridine rings is 1. The van der Waals surface area contributed by atoms with Gasteiger partial charge in [-0.15, -0.1) is 0 Å². The number of benzene rings is 1. The molecule has 2 N–H and O–H groups in total. The molecule has 0 bridgehead atoms. The molecule has 9 nitrogen and oxygen atoms in total. The van der Waals surface area contributed by atoms with E-state index >= 15 is 4.39 Å². The molecule has 1 fully saturated rings. The lowest BCUT2D eigenvalue weighted by atomic mass is 9.83. The zero-order valence-corrected chi connectivity index (χ0v) is 19.9. The molecule has 0 spiro atoms. The maximum absolute atomic E-state index is 15.8. The average Bonchev–Trinajstić information content (AvgIpc) is 3.31. The number of likely N-dealkylation sites (tertiary alicyclic amines) is 1. The van der Waals surface area contributed by atoms with Gasteiger partial charge in [-0.3, -0.25) is 24.2 Å². The van der Waals surface area contributed by atoms with E-state index in [4.69, 9.17) is 5.73 Å². The van der Waals surface area contributed by atoms with Gasteiger partial charge in [0.15, 0.2) is 0 Å². The predicted octanol–water partition coefficient (Wildman–Crippen LogP) is 2.61. The summed E-state index contributed by atoms with van der Waals surface area (Å²) in [4.78, 5) is 30.2. The summed E-state index contributed by atoms with van der Waals surface area (Å²) >= 11 is 0. The van der Waals surface area contributed by atoms with Crippen LogP contribution in [0, 0.1) is 11.3 Å². The van der Waals surface area contributed by atoms with Crippen LogP contribution >= 0.6 is 0 Å². The SMILES string of the molecule is COC(=O)Cc1nn(C2(CC#N)CCN(Cc3ccc(-c4ccccc4)nc3)CC2F)cc1C(N)=O. The Morgan fingerprint density at radius 1 is 1.28 bits per heavy atom. The number of methoxy groups -OCH3 is 1. The standard InChI is InChI=1S/C26H27FN6O3/c1-36-24(34)13-22-20(25(29)35)16-33(31-22)26(9-11-28)10-12-32(17-23(26)27)15-18-7-8-21(30-14-18)19-5-3-2-4-6-19/h2-8,14,16,23H,9-10,12-13,15,17H2,1H3,(H2,29,35). The highest BCUT2D eigenvalue weighted by Gasteiger charge is 2.46. The molecule has 0 saturated carbocycles. The van der Waals surface area contributed by atoms with Crippen LogP contribution in [0.25, 0.3) is 11.3 Å². The minimum atomic E-state index is -1.45.